The summed E-state index contributed by atoms with van der Waals surface area (Å²) in [6.45, 7) is -0.556. The summed E-state index contributed by atoms with van der Waals surface area (Å²) in [5.41, 5.74) is 0.446. The van der Waals surface area contributed by atoms with Gasteiger partial charge in [0, 0.05) is 12.8 Å². The summed E-state index contributed by atoms with van der Waals surface area (Å²) < 4.78 is 0.102. The van der Waals surface area contributed by atoms with Gasteiger partial charge in [-0.25, -0.2) is 4.79 Å². The largest absolute Gasteiger partial charge is 0.504 e. The van der Waals surface area contributed by atoms with Crippen molar-refractivity contribution >= 4 is 58.1 Å². The quantitative estimate of drug-likeness (QED) is 0.324. The Balaban J connectivity index is 1.69. The molecule has 2 aliphatic heterocycles. The molecule has 2 saturated heterocycles. The number of thiocarbonyl (C=S) groups is 1. The van der Waals surface area contributed by atoms with E-state index in [-0.39, 0.29) is 33.6 Å². The number of hydroxylamine groups is 2. The van der Waals surface area contributed by atoms with Gasteiger partial charge in [-0.3, -0.25) is 19.3 Å². The molecule has 0 radical (unpaired) electrons. The predicted molar refractivity (Wildman–Crippen MR) is 96.8 cm³/mol. The molecule has 0 aromatic heterocycles. The van der Waals surface area contributed by atoms with E-state index >= 15 is 0 Å². The maximum absolute atomic E-state index is 12.5. The fraction of sp³-hybridized carbons (Fsp3) is 0.188. The monoisotopic (exact) mass is 408 g/mol. The summed E-state index contributed by atoms with van der Waals surface area (Å²) >= 11 is 6.03. The summed E-state index contributed by atoms with van der Waals surface area (Å²) in [6.07, 6.45) is 1.38. The van der Waals surface area contributed by atoms with Gasteiger partial charge in [0.05, 0.1) is 4.91 Å². The highest BCUT2D eigenvalue weighted by atomic mass is 32.2. The smallest absolute Gasteiger partial charge is 0.352 e. The van der Waals surface area contributed by atoms with Crippen LogP contribution in [-0.4, -0.2) is 54.7 Å². The summed E-state index contributed by atoms with van der Waals surface area (Å²) in [4.78, 5) is 53.3. The third kappa shape index (κ3) is 3.93. The van der Waals surface area contributed by atoms with E-state index < -0.39 is 30.2 Å². The SMILES string of the molecule is O=C(CN1C(=O)C(=Cc2ccc(O)c(O)c2)SC1=S)ON1C(=O)CCC1=O. The number of rotatable bonds is 4. The lowest BCUT2D eigenvalue weighted by Crippen LogP contribution is -2.39. The average molecular weight is 408 g/mol. The number of imide groups is 1. The molecule has 1 aromatic carbocycles. The van der Waals surface area contributed by atoms with Crippen LogP contribution >= 0.6 is 24.0 Å². The van der Waals surface area contributed by atoms with Crippen LogP contribution < -0.4 is 0 Å². The number of phenolic OH excluding ortho intramolecular Hbond substituents is 2. The number of carbonyl (C=O) groups excluding carboxylic acids is 4. The molecule has 9 nitrogen and oxygen atoms in total. The van der Waals surface area contributed by atoms with Gasteiger partial charge in [-0.15, -0.1) is 5.06 Å². The van der Waals surface area contributed by atoms with Crippen LogP contribution in [0.4, 0.5) is 0 Å². The standard InChI is InChI=1S/C16H12N2O7S2/c19-9-2-1-8(5-10(9)20)6-11-15(24)17(16(26)27-11)7-14(23)25-18-12(21)3-4-13(18)22/h1-2,5-6,19-20H,3-4,7H2. The Kier molecular flexibility index (Phi) is 5.15. The number of carbonyl (C=O) groups is 4. The molecule has 2 N–H and O–H groups in total. The fourth-order valence-corrected chi connectivity index (χ4v) is 3.59. The Labute approximate surface area is 162 Å². The zero-order chi connectivity index (χ0) is 19.7. The van der Waals surface area contributed by atoms with Gasteiger partial charge < -0.3 is 15.1 Å². The van der Waals surface area contributed by atoms with Crippen LogP contribution in [0, 0.1) is 0 Å². The van der Waals surface area contributed by atoms with Gasteiger partial charge in [-0.05, 0) is 23.8 Å². The van der Waals surface area contributed by atoms with Crippen LogP contribution in [0.3, 0.4) is 0 Å². The maximum atomic E-state index is 12.5. The van der Waals surface area contributed by atoms with Crippen molar-refractivity contribution in [1.82, 2.24) is 9.96 Å². The van der Waals surface area contributed by atoms with Crippen molar-refractivity contribution in [2.75, 3.05) is 6.54 Å². The van der Waals surface area contributed by atoms with E-state index in [1.807, 2.05) is 0 Å². The number of thioether (sulfide) groups is 1. The van der Waals surface area contributed by atoms with Crippen molar-refractivity contribution in [1.29, 1.82) is 0 Å². The molecular weight excluding hydrogens is 396 g/mol. The topological polar surface area (TPSA) is 124 Å². The van der Waals surface area contributed by atoms with Crippen LogP contribution in [0.5, 0.6) is 11.5 Å². The third-order valence-corrected chi connectivity index (χ3v) is 5.03. The Morgan fingerprint density at radius 2 is 1.85 bits per heavy atom. The summed E-state index contributed by atoms with van der Waals surface area (Å²) in [6, 6.07) is 4.02. The Hall–Kier alpha value is -2.92. The van der Waals surface area contributed by atoms with E-state index in [2.05, 4.69) is 0 Å². The maximum Gasteiger partial charge on any atom is 0.352 e. The molecule has 27 heavy (non-hydrogen) atoms. The lowest BCUT2D eigenvalue weighted by Gasteiger charge is -2.16. The minimum absolute atomic E-state index is 0.0324. The molecule has 0 saturated carbocycles. The Bertz CT molecular complexity index is 896. The molecule has 11 heteroatoms. The molecule has 0 bridgehead atoms. The van der Waals surface area contributed by atoms with Crippen LogP contribution in [0.1, 0.15) is 18.4 Å². The highest BCUT2D eigenvalue weighted by Crippen LogP contribution is 2.34. The van der Waals surface area contributed by atoms with E-state index in [9.17, 15) is 29.4 Å². The number of phenols is 2. The molecule has 3 amide bonds. The van der Waals surface area contributed by atoms with Crippen LogP contribution in [0.25, 0.3) is 6.08 Å². The van der Waals surface area contributed by atoms with E-state index in [0.29, 0.717) is 10.6 Å². The molecule has 2 heterocycles. The van der Waals surface area contributed by atoms with Gasteiger partial charge in [0.15, 0.2) is 11.5 Å². The minimum atomic E-state index is -0.974. The lowest BCUT2D eigenvalue weighted by atomic mass is 10.2. The van der Waals surface area contributed by atoms with Crippen molar-refractivity contribution < 1.29 is 34.2 Å². The number of aromatic hydroxyl groups is 2. The first-order valence-corrected chi connectivity index (χ1v) is 8.82. The summed E-state index contributed by atoms with van der Waals surface area (Å²) in [5, 5.41) is 19.2. The van der Waals surface area contributed by atoms with E-state index in [1.54, 1.807) is 0 Å². The average Bonchev–Trinajstić information content (AvgIpc) is 3.06. The summed E-state index contributed by atoms with van der Waals surface area (Å²) in [5.74, 6) is -3.42. The van der Waals surface area contributed by atoms with E-state index in [4.69, 9.17) is 17.1 Å². The summed E-state index contributed by atoms with van der Waals surface area (Å²) in [7, 11) is 0. The van der Waals surface area contributed by atoms with Crippen molar-refractivity contribution in [2.24, 2.45) is 0 Å². The number of amides is 3. The first-order chi connectivity index (χ1) is 12.8. The lowest BCUT2D eigenvalue weighted by molar-refractivity contribution is -0.197. The Morgan fingerprint density at radius 3 is 2.48 bits per heavy atom. The van der Waals surface area contributed by atoms with E-state index in [1.165, 1.54) is 24.3 Å². The first kappa shape index (κ1) is 18.9. The Morgan fingerprint density at radius 1 is 1.19 bits per heavy atom. The molecule has 0 unspecified atom stereocenters. The highest BCUT2D eigenvalue weighted by molar-refractivity contribution is 8.26. The van der Waals surface area contributed by atoms with Crippen LogP contribution in [0.15, 0.2) is 23.1 Å². The molecule has 0 aliphatic carbocycles. The molecular formula is C16H12N2O7S2. The van der Waals surface area contributed by atoms with Crippen molar-refractivity contribution in [3.8, 4) is 11.5 Å². The zero-order valence-corrected chi connectivity index (χ0v) is 15.2. The van der Waals surface area contributed by atoms with Crippen molar-refractivity contribution in [2.45, 2.75) is 12.8 Å². The van der Waals surface area contributed by atoms with Gasteiger partial charge in [0.25, 0.3) is 17.7 Å². The van der Waals surface area contributed by atoms with Crippen LogP contribution in [-0.2, 0) is 24.0 Å². The predicted octanol–water partition coefficient (Wildman–Crippen LogP) is 0.906. The second-order valence-electron chi connectivity index (χ2n) is 5.56. The molecule has 0 spiro atoms. The van der Waals surface area contributed by atoms with Gasteiger partial charge >= 0.3 is 5.97 Å². The molecule has 2 fully saturated rings. The van der Waals surface area contributed by atoms with Gasteiger partial charge in [0.1, 0.15) is 10.9 Å². The number of nitrogens with zero attached hydrogens (tertiary/aromatic N) is 2. The number of hydrogen-bond acceptors (Lipinski definition) is 9. The zero-order valence-electron chi connectivity index (χ0n) is 13.6. The van der Waals surface area contributed by atoms with Gasteiger partial charge in [0.2, 0.25) is 0 Å². The molecule has 2 aliphatic rings. The second kappa shape index (κ2) is 7.37. The van der Waals surface area contributed by atoms with Gasteiger partial charge in [-0.1, -0.05) is 30.0 Å². The van der Waals surface area contributed by atoms with Gasteiger partial charge in [-0.2, -0.15) is 0 Å². The first-order valence-electron chi connectivity index (χ1n) is 7.60. The second-order valence-corrected chi connectivity index (χ2v) is 7.24. The number of benzene rings is 1. The fourth-order valence-electron chi connectivity index (χ4n) is 2.34. The molecule has 1 aromatic rings. The molecule has 3 rings (SSSR count). The highest BCUT2D eigenvalue weighted by Gasteiger charge is 2.37. The third-order valence-electron chi connectivity index (χ3n) is 3.66. The normalized spacial score (nSPS) is 18.7. The van der Waals surface area contributed by atoms with Crippen molar-refractivity contribution in [3.05, 3.63) is 28.7 Å². The molecule has 0 atom stereocenters. The van der Waals surface area contributed by atoms with Crippen LogP contribution in [0.2, 0.25) is 0 Å². The molecule has 140 valence electrons. The van der Waals surface area contributed by atoms with E-state index in [0.717, 1.165) is 16.7 Å². The number of hydrogen-bond donors (Lipinski definition) is 2. The van der Waals surface area contributed by atoms with Crippen molar-refractivity contribution in [3.63, 3.8) is 0 Å². The minimum Gasteiger partial charge on any atom is -0.504 e.